The summed E-state index contributed by atoms with van der Waals surface area (Å²) in [6.07, 6.45) is 0. The minimum absolute atomic E-state index is 0.756. The van der Waals surface area contributed by atoms with Crippen molar-refractivity contribution < 1.29 is 0 Å². The number of aryl methyl sites for hydroxylation is 3. The minimum Gasteiger partial charge on any atom is -0.355 e. The standard InChI is InChI=1S/C21H24N4/c1-15-9-8-10-16(2)21(15)24-19-13-20(23-17(3)22-19)25(4)14-18-11-6-5-7-12-18/h5-13H,14H2,1-4H3,(H,22,23,24). The summed E-state index contributed by atoms with van der Waals surface area (Å²) < 4.78 is 0. The van der Waals surface area contributed by atoms with Gasteiger partial charge < -0.3 is 10.2 Å². The zero-order chi connectivity index (χ0) is 17.8. The van der Waals surface area contributed by atoms with E-state index in [9.17, 15) is 0 Å². The van der Waals surface area contributed by atoms with Crippen molar-refractivity contribution in [2.24, 2.45) is 0 Å². The molecule has 1 N–H and O–H groups in total. The van der Waals surface area contributed by atoms with Gasteiger partial charge >= 0.3 is 0 Å². The number of para-hydroxylation sites is 1. The van der Waals surface area contributed by atoms with E-state index < -0.39 is 0 Å². The lowest BCUT2D eigenvalue weighted by Crippen LogP contribution is -2.18. The molecule has 0 fully saturated rings. The van der Waals surface area contributed by atoms with Crippen molar-refractivity contribution in [2.75, 3.05) is 17.3 Å². The molecule has 0 radical (unpaired) electrons. The Morgan fingerprint density at radius 1 is 0.880 bits per heavy atom. The van der Waals surface area contributed by atoms with Gasteiger partial charge in [-0.05, 0) is 37.5 Å². The minimum atomic E-state index is 0.756. The molecule has 25 heavy (non-hydrogen) atoms. The number of hydrogen-bond acceptors (Lipinski definition) is 4. The third-order valence-corrected chi connectivity index (χ3v) is 4.21. The number of benzene rings is 2. The molecule has 0 amide bonds. The van der Waals surface area contributed by atoms with Gasteiger partial charge in [0.2, 0.25) is 0 Å². The molecule has 2 aromatic carbocycles. The predicted octanol–water partition coefficient (Wildman–Crippen LogP) is 4.78. The van der Waals surface area contributed by atoms with E-state index in [0.717, 1.165) is 29.7 Å². The monoisotopic (exact) mass is 332 g/mol. The van der Waals surface area contributed by atoms with Gasteiger partial charge in [-0.1, -0.05) is 48.5 Å². The zero-order valence-corrected chi connectivity index (χ0v) is 15.2. The van der Waals surface area contributed by atoms with Crippen LogP contribution in [0, 0.1) is 20.8 Å². The topological polar surface area (TPSA) is 41.1 Å². The molecular formula is C21H24N4. The van der Waals surface area contributed by atoms with Crippen molar-refractivity contribution in [2.45, 2.75) is 27.3 Å². The second kappa shape index (κ2) is 7.34. The SMILES string of the molecule is Cc1nc(Nc2c(C)cccc2C)cc(N(C)Cc2ccccc2)n1. The summed E-state index contributed by atoms with van der Waals surface area (Å²) in [5, 5.41) is 3.46. The maximum Gasteiger partial charge on any atom is 0.136 e. The van der Waals surface area contributed by atoms with Gasteiger partial charge in [0, 0.05) is 25.3 Å². The lowest BCUT2D eigenvalue weighted by molar-refractivity contribution is 0.880. The van der Waals surface area contributed by atoms with Crippen LogP contribution in [0.25, 0.3) is 0 Å². The van der Waals surface area contributed by atoms with Crippen LogP contribution in [0.1, 0.15) is 22.5 Å². The van der Waals surface area contributed by atoms with Crippen LogP contribution in [0.5, 0.6) is 0 Å². The van der Waals surface area contributed by atoms with Crippen LogP contribution in [0.3, 0.4) is 0 Å². The molecule has 4 heteroatoms. The summed E-state index contributed by atoms with van der Waals surface area (Å²) in [4.78, 5) is 11.3. The average molecular weight is 332 g/mol. The summed E-state index contributed by atoms with van der Waals surface area (Å²) in [5.74, 6) is 2.48. The second-order valence-electron chi connectivity index (χ2n) is 6.39. The first kappa shape index (κ1) is 17.0. The molecule has 3 rings (SSSR count). The van der Waals surface area contributed by atoms with Crippen LogP contribution in [0.4, 0.5) is 17.3 Å². The van der Waals surface area contributed by atoms with Crippen molar-refractivity contribution in [1.29, 1.82) is 0 Å². The fourth-order valence-corrected chi connectivity index (χ4v) is 2.89. The van der Waals surface area contributed by atoms with Gasteiger partial charge in [0.15, 0.2) is 0 Å². The Hall–Kier alpha value is -2.88. The van der Waals surface area contributed by atoms with E-state index >= 15 is 0 Å². The van der Waals surface area contributed by atoms with Crippen LogP contribution in [0.15, 0.2) is 54.6 Å². The number of nitrogens with one attached hydrogen (secondary N) is 1. The first-order chi connectivity index (χ1) is 12.0. The molecule has 0 saturated carbocycles. The quantitative estimate of drug-likeness (QED) is 0.730. The Bertz CT molecular complexity index is 839. The summed E-state index contributed by atoms with van der Waals surface area (Å²) >= 11 is 0. The average Bonchev–Trinajstić information content (AvgIpc) is 2.59. The van der Waals surface area contributed by atoms with E-state index in [1.807, 2.05) is 19.1 Å². The highest BCUT2D eigenvalue weighted by atomic mass is 15.2. The van der Waals surface area contributed by atoms with Gasteiger partial charge in [0.05, 0.1) is 0 Å². The molecule has 128 valence electrons. The van der Waals surface area contributed by atoms with Gasteiger partial charge in [0.25, 0.3) is 0 Å². The Kier molecular flexibility index (Phi) is 4.98. The molecule has 0 unspecified atom stereocenters. The normalized spacial score (nSPS) is 10.6. The Morgan fingerprint density at radius 2 is 1.56 bits per heavy atom. The second-order valence-corrected chi connectivity index (χ2v) is 6.39. The predicted molar refractivity (Wildman–Crippen MR) is 105 cm³/mol. The smallest absolute Gasteiger partial charge is 0.136 e. The van der Waals surface area contributed by atoms with E-state index in [-0.39, 0.29) is 0 Å². The molecule has 4 nitrogen and oxygen atoms in total. The molecule has 1 heterocycles. The number of anilines is 3. The van der Waals surface area contributed by atoms with E-state index in [2.05, 4.69) is 83.5 Å². The summed E-state index contributed by atoms with van der Waals surface area (Å²) in [5.41, 5.74) is 4.77. The number of aromatic nitrogens is 2. The van der Waals surface area contributed by atoms with Gasteiger partial charge in [-0.3, -0.25) is 0 Å². The van der Waals surface area contributed by atoms with E-state index in [0.29, 0.717) is 0 Å². The van der Waals surface area contributed by atoms with Crippen molar-refractivity contribution >= 4 is 17.3 Å². The lowest BCUT2D eigenvalue weighted by atomic mass is 10.1. The van der Waals surface area contributed by atoms with Gasteiger partial charge in [0.1, 0.15) is 17.5 Å². The van der Waals surface area contributed by atoms with Crippen LogP contribution in [-0.2, 0) is 6.54 Å². The molecule has 0 aliphatic carbocycles. The maximum absolute atomic E-state index is 4.59. The highest BCUT2D eigenvalue weighted by Gasteiger charge is 2.09. The van der Waals surface area contributed by atoms with E-state index in [4.69, 9.17) is 0 Å². The van der Waals surface area contributed by atoms with Crippen molar-refractivity contribution in [3.8, 4) is 0 Å². The van der Waals surface area contributed by atoms with Crippen molar-refractivity contribution in [3.05, 3.63) is 77.1 Å². The van der Waals surface area contributed by atoms with Gasteiger partial charge in [-0.15, -0.1) is 0 Å². The van der Waals surface area contributed by atoms with E-state index in [1.54, 1.807) is 0 Å². The van der Waals surface area contributed by atoms with Gasteiger partial charge in [-0.2, -0.15) is 0 Å². The molecule has 3 aromatic rings. The summed E-state index contributed by atoms with van der Waals surface area (Å²) in [7, 11) is 2.05. The van der Waals surface area contributed by atoms with Crippen molar-refractivity contribution in [3.63, 3.8) is 0 Å². The largest absolute Gasteiger partial charge is 0.355 e. The van der Waals surface area contributed by atoms with Crippen molar-refractivity contribution in [1.82, 2.24) is 9.97 Å². The Morgan fingerprint density at radius 3 is 2.24 bits per heavy atom. The fourth-order valence-electron chi connectivity index (χ4n) is 2.89. The highest BCUT2D eigenvalue weighted by Crippen LogP contribution is 2.25. The molecule has 0 bridgehead atoms. The summed E-state index contributed by atoms with van der Waals surface area (Å²) in [6, 6.07) is 18.7. The number of hydrogen-bond donors (Lipinski definition) is 1. The lowest BCUT2D eigenvalue weighted by Gasteiger charge is -2.20. The zero-order valence-electron chi connectivity index (χ0n) is 15.2. The maximum atomic E-state index is 4.59. The van der Waals surface area contributed by atoms with Crippen LogP contribution in [0.2, 0.25) is 0 Å². The molecule has 0 saturated heterocycles. The van der Waals surface area contributed by atoms with Crippen LogP contribution < -0.4 is 10.2 Å². The molecule has 0 spiro atoms. The molecule has 1 aromatic heterocycles. The first-order valence-electron chi connectivity index (χ1n) is 8.47. The van der Waals surface area contributed by atoms with E-state index in [1.165, 1.54) is 16.7 Å². The summed E-state index contributed by atoms with van der Waals surface area (Å²) in [6.45, 7) is 6.94. The number of rotatable bonds is 5. The molecule has 0 atom stereocenters. The molecule has 0 aliphatic heterocycles. The van der Waals surface area contributed by atoms with Crippen LogP contribution in [-0.4, -0.2) is 17.0 Å². The highest BCUT2D eigenvalue weighted by molar-refractivity contribution is 5.66. The number of nitrogens with zero attached hydrogens (tertiary/aromatic N) is 3. The molecular weight excluding hydrogens is 308 g/mol. The first-order valence-corrected chi connectivity index (χ1v) is 8.47. The third kappa shape index (κ3) is 4.15. The van der Waals surface area contributed by atoms with Gasteiger partial charge in [-0.25, -0.2) is 9.97 Å². The van der Waals surface area contributed by atoms with Crippen LogP contribution >= 0.6 is 0 Å². The Labute approximate surface area is 149 Å². The third-order valence-electron chi connectivity index (χ3n) is 4.21. The fraction of sp³-hybridized carbons (Fsp3) is 0.238. The Balaban J connectivity index is 1.85. The molecule has 0 aliphatic rings.